The van der Waals surface area contributed by atoms with Crippen molar-refractivity contribution in [1.29, 1.82) is 0 Å². The molecule has 0 atom stereocenters. The highest BCUT2D eigenvalue weighted by Gasteiger charge is 2.35. The minimum Gasteiger partial charge on any atom is -0.387 e. The number of alkyl halides is 3. The molecule has 0 aliphatic rings. The number of ether oxygens (including phenoxy) is 1. The van der Waals surface area contributed by atoms with Gasteiger partial charge in [0.05, 0.1) is 4.92 Å². The Labute approximate surface area is 105 Å². The van der Waals surface area contributed by atoms with Gasteiger partial charge < -0.3 is 4.74 Å². The van der Waals surface area contributed by atoms with Crippen LogP contribution in [0.2, 0.25) is 0 Å². The van der Waals surface area contributed by atoms with E-state index in [0.29, 0.717) is 0 Å². The topological polar surface area (TPSA) is 82.3 Å². The fraction of sp³-hybridized carbons (Fsp3) is 0.143. The highest BCUT2D eigenvalue weighted by molar-refractivity contribution is 14.1. The van der Waals surface area contributed by atoms with Crippen LogP contribution in [-0.2, 0) is 0 Å². The first-order valence-corrected chi connectivity index (χ1v) is 4.88. The monoisotopic (exact) mass is 362 g/mol. The number of halogens is 4. The summed E-state index contributed by atoms with van der Waals surface area (Å²) < 4.78 is 39.3. The molecule has 0 aliphatic carbocycles. The van der Waals surface area contributed by atoms with E-state index < -0.39 is 28.4 Å². The van der Waals surface area contributed by atoms with Gasteiger partial charge in [0.1, 0.15) is 3.70 Å². The maximum atomic E-state index is 12.0. The number of aromatic nitrogens is 1. The average molecular weight is 362 g/mol. The second kappa shape index (κ2) is 4.81. The van der Waals surface area contributed by atoms with Crippen molar-refractivity contribution in [3.63, 3.8) is 0 Å². The molecule has 1 aromatic rings. The Hall–Kier alpha value is -1.46. The third-order valence-electron chi connectivity index (χ3n) is 1.50. The van der Waals surface area contributed by atoms with Gasteiger partial charge in [-0.1, -0.05) is 0 Å². The van der Waals surface area contributed by atoms with Crippen molar-refractivity contribution in [2.24, 2.45) is 0 Å². The van der Waals surface area contributed by atoms with Crippen LogP contribution >= 0.6 is 22.6 Å². The Morgan fingerprint density at radius 1 is 1.53 bits per heavy atom. The van der Waals surface area contributed by atoms with Gasteiger partial charge in [0.2, 0.25) is 5.88 Å². The van der Waals surface area contributed by atoms with Crippen LogP contribution in [0.25, 0.3) is 0 Å². The van der Waals surface area contributed by atoms with Crippen molar-refractivity contribution in [3.8, 4) is 5.88 Å². The first kappa shape index (κ1) is 13.6. The molecule has 0 radical (unpaired) electrons. The Morgan fingerprint density at radius 3 is 2.53 bits per heavy atom. The van der Waals surface area contributed by atoms with Gasteiger partial charge in [-0.2, -0.15) is 0 Å². The van der Waals surface area contributed by atoms with Crippen LogP contribution in [0.3, 0.4) is 0 Å². The Kier molecular flexibility index (Phi) is 3.85. The Balaban J connectivity index is 3.38. The van der Waals surface area contributed by atoms with Crippen molar-refractivity contribution >= 4 is 34.6 Å². The third kappa shape index (κ3) is 3.51. The molecular formula is C7H2F3IN2O4. The molecule has 92 valence electrons. The number of pyridine rings is 1. The molecule has 0 spiro atoms. The zero-order chi connectivity index (χ0) is 13.2. The van der Waals surface area contributed by atoms with Crippen LogP contribution in [0.4, 0.5) is 18.9 Å². The van der Waals surface area contributed by atoms with E-state index in [4.69, 9.17) is 0 Å². The van der Waals surface area contributed by atoms with Gasteiger partial charge in [-0.05, 0) is 22.6 Å². The quantitative estimate of drug-likeness (QED) is 0.271. The third-order valence-corrected chi connectivity index (χ3v) is 2.05. The number of hydrogen-bond donors (Lipinski definition) is 0. The van der Waals surface area contributed by atoms with Gasteiger partial charge in [-0.3, -0.25) is 14.9 Å². The fourth-order valence-corrected chi connectivity index (χ4v) is 1.45. The summed E-state index contributed by atoms with van der Waals surface area (Å²) in [5.41, 5.74) is -1.65. The summed E-state index contributed by atoms with van der Waals surface area (Å²) in [5.74, 6) is -1.13. The molecule has 1 heterocycles. The lowest BCUT2D eigenvalue weighted by atomic mass is 10.2. The Bertz CT molecular complexity index is 477. The van der Waals surface area contributed by atoms with Gasteiger partial charge in [0, 0.05) is 6.07 Å². The summed E-state index contributed by atoms with van der Waals surface area (Å²) in [6, 6.07) is 0.869. The molecule has 1 aromatic heterocycles. The van der Waals surface area contributed by atoms with E-state index in [2.05, 4.69) is 9.72 Å². The van der Waals surface area contributed by atoms with Gasteiger partial charge in [0.15, 0.2) is 11.8 Å². The predicted octanol–water partition coefficient (Wildman–Crippen LogP) is 2.31. The molecule has 0 N–H and O–H groups in total. The molecule has 17 heavy (non-hydrogen) atoms. The summed E-state index contributed by atoms with van der Waals surface area (Å²) in [7, 11) is 0. The summed E-state index contributed by atoms with van der Waals surface area (Å²) >= 11 is 1.47. The van der Waals surface area contributed by atoms with Crippen molar-refractivity contribution in [2.75, 3.05) is 0 Å². The van der Waals surface area contributed by atoms with E-state index in [1.54, 1.807) is 0 Å². The molecule has 0 saturated carbocycles. The number of carbonyl (C=O) groups is 1. The highest BCUT2D eigenvalue weighted by Crippen LogP contribution is 2.30. The average Bonchev–Trinajstić information content (AvgIpc) is 2.14. The van der Waals surface area contributed by atoms with Crippen molar-refractivity contribution in [1.82, 2.24) is 4.98 Å². The molecule has 0 aliphatic heterocycles. The summed E-state index contributed by atoms with van der Waals surface area (Å²) in [6.07, 6.45) is -5.19. The van der Waals surface area contributed by atoms with Crippen LogP contribution in [0, 0.1) is 13.8 Å². The highest BCUT2D eigenvalue weighted by atomic mass is 127. The first-order chi connectivity index (χ1) is 7.74. The summed E-state index contributed by atoms with van der Waals surface area (Å²) in [5, 5.41) is 10.5. The lowest BCUT2D eigenvalue weighted by Gasteiger charge is -2.09. The SMILES string of the molecule is O=Cc1c([N+](=O)[O-])cc(I)nc1OC(F)(F)F. The molecule has 0 bridgehead atoms. The van der Waals surface area contributed by atoms with Gasteiger partial charge in [0.25, 0.3) is 5.69 Å². The zero-order valence-corrected chi connectivity index (χ0v) is 9.85. The molecule has 0 amide bonds. The number of nitro groups is 1. The van der Waals surface area contributed by atoms with Crippen molar-refractivity contribution in [2.45, 2.75) is 6.36 Å². The van der Waals surface area contributed by atoms with Crippen molar-refractivity contribution < 1.29 is 27.6 Å². The first-order valence-electron chi connectivity index (χ1n) is 3.80. The molecule has 1 rings (SSSR count). The zero-order valence-electron chi connectivity index (χ0n) is 7.69. The number of carbonyl (C=O) groups excluding carboxylic acids is 1. The normalized spacial score (nSPS) is 11.1. The van der Waals surface area contributed by atoms with Crippen LogP contribution in [-0.4, -0.2) is 22.6 Å². The van der Waals surface area contributed by atoms with Gasteiger partial charge in [-0.25, -0.2) is 4.98 Å². The van der Waals surface area contributed by atoms with Crippen LogP contribution in [0.15, 0.2) is 6.07 Å². The van der Waals surface area contributed by atoms with Gasteiger partial charge >= 0.3 is 6.36 Å². The Morgan fingerprint density at radius 2 is 2.12 bits per heavy atom. The molecule has 0 saturated heterocycles. The standard InChI is InChI=1S/C7H2F3IN2O4/c8-7(9,10)17-6-3(2-14)4(13(15)16)1-5(11)12-6/h1-2H. The number of aldehydes is 1. The van der Waals surface area contributed by atoms with E-state index >= 15 is 0 Å². The van der Waals surface area contributed by atoms with Crippen LogP contribution in [0.1, 0.15) is 10.4 Å². The number of nitrogens with zero attached hydrogens (tertiary/aromatic N) is 2. The maximum absolute atomic E-state index is 12.0. The molecule has 6 nitrogen and oxygen atoms in total. The smallest absolute Gasteiger partial charge is 0.387 e. The van der Waals surface area contributed by atoms with Crippen LogP contribution in [0.5, 0.6) is 5.88 Å². The minimum absolute atomic E-state index is 0.0980. The van der Waals surface area contributed by atoms with Gasteiger partial charge in [-0.15, -0.1) is 13.2 Å². The lowest BCUT2D eigenvalue weighted by molar-refractivity contribution is -0.385. The lowest BCUT2D eigenvalue weighted by Crippen LogP contribution is -2.19. The number of rotatable bonds is 3. The van der Waals surface area contributed by atoms with E-state index in [0.717, 1.165) is 6.07 Å². The summed E-state index contributed by atoms with van der Waals surface area (Å²) in [6.45, 7) is 0. The predicted molar refractivity (Wildman–Crippen MR) is 55.7 cm³/mol. The second-order valence-electron chi connectivity index (χ2n) is 2.61. The fourth-order valence-electron chi connectivity index (χ4n) is 0.939. The van der Waals surface area contributed by atoms with E-state index in [9.17, 15) is 28.1 Å². The van der Waals surface area contributed by atoms with E-state index in [1.807, 2.05) is 0 Å². The molecule has 0 aromatic carbocycles. The van der Waals surface area contributed by atoms with E-state index in [-0.39, 0.29) is 9.99 Å². The largest absolute Gasteiger partial charge is 0.574 e. The summed E-state index contributed by atoms with van der Waals surface area (Å²) in [4.78, 5) is 23.4. The molecule has 0 unspecified atom stereocenters. The maximum Gasteiger partial charge on any atom is 0.574 e. The van der Waals surface area contributed by atoms with Crippen LogP contribution < -0.4 is 4.74 Å². The van der Waals surface area contributed by atoms with E-state index in [1.165, 1.54) is 22.6 Å². The minimum atomic E-state index is -5.08. The van der Waals surface area contributed by atoms with Crippen molar-refractivity contribution in [3.05, 3.63) is 25.4 Å². The molecule has 10 heteroatoms. The molecule has 0 fully saturated rings. The number of hydrogen-bond acceptors (Lipinski definition) is 5. The molecular weight excluding hydrogens is 360 g/mol. The second-order valence-corrected chi connectivity index (χ2v) is 3.71.